The fraction of sp³-hybridized carbons (Fsp3) is 0.182. The van der Waals surface area contributed by atoms with E-state index in [4.69, 9.17) is 16.9 Å². The van der Waals surface area contributed by atoms with E-state index in [1.165, 1.54) is 6.92 Å². The molecule has 0 aliphatic carbocycles. The summed E-state index contributed by atoms with van der Waals surface area (Å²) >= 11 is 5.63. The van der Waals surface area contributed by atoms with Crippen molar-refractivity contribution in [2.45, 2.75) is 6.92 Å². The van der Waals surface area contributed by atoms with E-state index in [-0.39, 0.29) is 17.2 Å². The van der Waals surface area contributed by atoms with E-state index in [9.17, 15) is 14.0 Å². The van der Waals surface area contributed by atoms with Crippen LogP contribution in [0.4, 0.5) is 4.39 Å². The van der Waals surface area contributed by atoms with Crippen LogP contribution in [0.1, 0.15) is 22.8 Å². The van der Waals surface area contributed by atoms with E-state index in [2.05, 4.69) is 4.74 Å². The number of ketones is 1. The number of benzene rings is 1. The average molecular weight is 256 g/mol. The number of hydrogen-bond donors (Lipinski definition) is 0. The quantitative estimate of drug-likeness (QED) is 0.471. The van der Waals surface area contributed by atoms with Gasteiger partial charge in [-0.05, 0) is 19.1 Å². The second kappa shape index (κ2) is 5.41. The molecule has 0 amide bonds. The summed E-state index contributed by atoms with van der Waals surface area (Å²) < 4.78 is 17.9. The molecule has 88 valence electrons. The highest BCUT2D eigenvalue weighted by Gasteiger charge is 2.22. The standard InChI is InChI=1S/C11H7ClFNO3/c1-2-17-11(16)10(15)7-4-8(12)6(5-14)3-9(7)13/h3-4H,2H2,1H3. The SMILES string of the molecule is CCOC(=O)C(=O)c1cc(Cl)c(C#N)cc1F. The van der Waals surface area contributed by atoms with Crippen molar-refractivity contribution in [3.63, 3.8) is 0 Å². The minimum atomic E-state index is -1.16. The number of carbonyl (C=O) groups is 2. The van der Waals surface area contributed by atoms with Crippen LogP contribution in [0.2, 0.25) is 5.02 Å². The van der Waals surface area contributed by atoms with Crippen LogP contribution >= 0.6 is 11.6 Å². The van der Waals surface area contributed by atoms with Gasteiger partial charge >= 0.3 is 5.97 Å². The number of rotatable bonds is 3. The van der Waals surface area contributed by atoms with E-state index < -0.39 is 23.1 Å². The zero-order valence-corrected chi connectivity index (χ0v) is 9.55. The molecule has 1 aromatic carbocycles. The number of carbonyl (C=O) groups excluding carboxylic acids is 2. The Bertz CT molecular complexity index is 522. The number of ether oxygens (including phenoxy) is 1. The lowest BCUT2D eigenvalue weighted by molar-refractivity contribution is -0.137. The molecule has 4 nitrogen and oxygen atoms in total. The maximum atomic E-state index is 13.4. The Morgan fingerprint density at radius 3 is 2.71 bits per heavy atom. The van der Waals surface area contributed by atoms with Crippen LogP contribution in [0.5, 0.6) is 0 Å². The van der Waals surface area contributed by atoms with Crippen LogP contribution < -0.4 is 0 Å². The van der Waals surface area contributed by atoms with Crippen molar-refractivity contribution >= 4 is 23.4 Å². The highest BCUT2D eigenvalue weighted by atomic mass is 35.5. The third-order valence-electron chi connectivity index (χ3n) is 1.88. The first-order chi connectivity index (χ1) is 8.01. The topological polar surface area (TPSA) is 67.2 Å². The fourth-order valence-electron chi connectivity index (χ4n) is 1.11. The third-order valence-corrected chi connectivity index (χ3v) is 2.20. The summed E-state index contributed by atoms with van der Waals surface area (Å²) in [5, 5.41) is 8.49. The van der Waals surface area contributed by atoms with Crippen LogP contribution in [0.15, 0.2) is 12.1 Å². The highest BCUT2D eigenvalue weighted by molar-refractivity contribution is 6.41. The minimum absolute atomic E-state index is 0.0101. The molecule has 0 heterocycles. The molecule has 0 radical (unpaired) electrons. The van der Waals surface area contributed by atoms with Gasteiger partial charge in [0.1, 0.15) is 11.9 Å². The third kappa shape index (κ3) is 2.80. The smallest absolute Gasteiger partial charge is 0.379 e. The van der Waals surface area contributed by atoms with E-state index >= 15 is 0 Å². The minimum Gasteiger partial charge on any atom is -0.460 e. The zero-order valence-electron chi connectivity index (χ0n) is 8.79. The van der Waals surface area contributed by atoms with Gasteiger partial charge in [-0.25, -0.2) is 9.18 Å². The van der Waals surface area contributed by atoms with E-state index in [0.29, 0.717) is 0 Å². The molecule has 17 heavy (non-hydrogen) atoms. The van der Waals surface area contributed by atoms with Crippen molar-refractivity contribution in [2.24, 2.45) is 0 Å². The first kappa shape index (κ1) is 13.1. The normalized spacial score (nSPS) is 9.53. The molecular formula is C11H7ClFNO3. The van der Waals surface area contributed by atoms with Gasteiger partial charge in [-0.3, -0.25) is 4.79 Å². The number of nitriles is 1. The van der Waals surface area contributed by atoms with Crippen LogP contribution in [0.25, 0.3) is 0 Å². The van der Waals surface area contributed by atoms with Crippen molar-refractivity contribution in [1.29, 1.82) is 5.26 Å². The molecule has 0 aromatic heterocycles. The number of nitrogens with zero attached hydrogens (tertiary/aromatic N) is 1. The number of halogens is 2. The Morgan fingerprint density at radius 1 is 1.53 bits per heavy atom. The predicted molar refractivity (Wildman–Crippen MR) is 57.1 cm³/mol. The lowest BCUT2D eigenvalue weighted by Gasteiger charge is -2.04. The molecular weight excluding hydrogens is 249 g/mol. The van der Waals surface area contributed by atoms with Crippen molar-refractivity contribution in [2.75, 3.05) is 6.61 Å². The van der Waals surface area contributed by atoms with Gasteiger partial charge in [0.25, 0.3) is 5.78 Å². The highest BCUT2D eigenvalue weighted by Crippen LogP contribution is 2.20. The van der Waals surface area contributed by atoms with Gasteiger partial charge in [-0.1, -0.05) is 11.6 Å². The summed E-state index contributed by atoms with van der Waals surface area (Å²) in [6.45, 7) is 1.53. The van der Waals surface area contributed by atoms with E-state index in [1.54, 1.807) is 6.07 Å². The summed E-state index contributed by atoms with van der Waals surface area (Å²) in [5.74, 6) is -3.27. The molecule has 6 heteroatoms. The molecule has 0 spiro atoms. The molecule has 0 saturated heterocycles. The Labute approximate surface area is 102 Å². The Kier molecular flexibility index (Phi) is 4.18. The van der Waals surface area contributed by atoms with Crippen LogP contribution in [-0.2, 0) is 9.53 Å². The van der Waals surface area contributed by atoms with Crippen molar-refractivity contribution in [1.82, 2.24) is 0 Å². The maximum absolute atomic E-state index is 13.4. The average Bonchev–Trinajstić information content (AvgIpc) is 2.31. The molecule has 0 unspecified atom stereocenters. The molecule has 0 fully saturated rings. The van der Waals surface area contributed by atoms with Gasteiger partial charge in [0.05, 0.1) is 22.8 Å². The van der Waals surface area contributed by atoms with E-state index in [1.807, 2.05) is 0 Å². The van der Waals surface area contributed by atoms with Gasteiger partial charge in [-0.2, -0.15) is 5.26 Å². The van der Waals surface area contributed by atoms with Crippen molar-refractivity contribution in [3.05, 3.63) is 34.1 Å². The molecule has 0 bridgehead atoms. The number of Topliss-reactive ketones (excluding diaryl/α,β-unsaturated/α-hetero) is 1. The molecule has 1 rings (SSSR count). The number of esters is 1. The molecule has 0 aliphatic heterocycles. The Morgan fingerprint density at radius 2 is 2.18 bits per heavy atom. The fourth-order valence-corrected chi connectivity index (χ4v) is 1.32. The second-order valence-electron chi connectivity index (χ2n) is 2.97. The van der Waals surface area contributed by atoms with Crippen LogP contribution in [0, 0.1) is 17.1 Å². The zero-order chi connectivity index (χ0) is 13.0. The first-order valence-corrected chi connectivity index (χ1v) is 4.99. The predicted octanol–water partition coefficient (Wildman–Crippen LogP) is 2.10. The van der Waals surface area contributed by atoms with Crippen LogP contribution in [0.3, 0.4) is 0 Å². The Hall–Kier alpha value is -1.93. The van der Waals surface area contributed by atoms with E-state index in [0.717, 1.165) is 12.1 Å². The number of hydrogen-bond acceptors (Lipinski definition) is 4. The molecule has 0 N–H and O–H groups in total. The van der Waals surface area contributed by atoms with Crippen molar-refractivity contribution < 1.29 is 18.7 Å². The second-order valence-corrected chi connectivity index (χ2v) is 3.38. The summed E-state index contributed by atoms with van der Waals surface area (Å²) in [4.78, 5) is 22.6. The molecule has 1 aromatic rings. The first-order valence-electron chi connectivity index (χ1n) is 4.61. The summed E-state index contributed by atoms with van der Waals surface area (Å²) in [6, 6.07) is 3.40. The molecule has 0 atom stereocenters. The molecule has 0 aliphatic rings. The van der Waals surface area contributed by atoms with Gasteiger partial charge < -0.3 is 4.74 Å². The van der Waals surface area contributed by atoms with Gasteiger partial charge in [0, 0.05) is 0 Å². The Balaban J connectivity index is 3.16. The summed E-state index contributed by atoms with van der Waals surface area (Å²) in [5.41, 5.74) is -0.614. The lowest BCUT2D eigenvalue weighted by atomic mass is 10.1. The largest absolute Gasteiger partial charge is 0.460 e. The van der Waals surface area contributed by atoms with Gasteiger partial charge in [0.15, 0.2) is 0 Å². The lowest BCUT2D eigenvalue weighted by Crippen LogP contribution is -2.19. The maximum Gasteiger partial charge on any atom is 0.379 e. The monoisotopic (exact) mass is 255 g/mol. The summed E-state index contributed by atoms with van der Waals surface area (Å²) in [6.07, 6.45) is 0. The van der Waals surface area contributed by atoms with Crippen LogP contribution in [-0.4, -0.2) is 18.4 Å². The van der Waals surface area contributed by atoms with Gasteiger partial charge in [-0.15, -0.1) is 0 Å². The summed E-state index contributed by atoms with van der Waals surface area (Å²) in [7, 11) is 0. The van der Waals surface area contributed by atoms with Crippen molar-refractivity contribution in [3.8, 4) is 6.07 Å². The molecule has 0 saturated carbocycles. The van der Waals surface area contributed by atoms with Gasteiger partial charge in [0.2, 0.25) is 0 Å².